The van der Waals surface area contributed by atoms with Crippen LogP contribution in [0.2, 0.25) is 0 Å². The number of hydrogen-bond donors (Lipinski definition) is 3. The first-order valence-corrected chi connectivity index (χ1v) is 7.19. The van der Waals surface area contributed by atoms with Crippen molar-refractivity contribution < 1.29 is 9.90 Å². The Hall–Kier alpha value is -1.07. The second-order valence-corrected chi connectivity index (χ2v) is 6.12. The molecule has 1 aliphatic rings. The Bertz CT molecular complexity index is 388. The number of hydrogen-bond acceptors (Lipinski definition) is 3. The van der Waals surface area contributed by atoms with Gasteiger partial charge in [0.25, 0.3) is 0 Å². The van der Waals surface area contributed by atoms with Gasteiger partial charge in [-0.2, -0.15) is 0 Å². The summed E-state index contributed by atoms with van der Waals surface area (Å²) in [5, 5.41) is 16.9. The molecule has 1 fully saturated rings. The average molecular weight is 268 g/mol. The first kappa shape index (κ1) is 13.4. The molecule has 1 aliphatic carbocycles. The lowest BCUT2D eigenvalue weighted by molar-refractivity contribution is 0.203. The van der Waals surface area contributed by atoms with Crippen molar-refractivity contribution in [1.29, 1.82) is 0 Å². The van der Waals surface area contributed by atoms with Crippen molar-refractivity contribution in [1.82, 2.24) is 10.6 Å². The van der Waals surface area contributed by atoms with Crippen LogP contribution in [0.1, 0.15) is 30.6 Å². The van der Waals surface area contributed by atoms with Crippen molar-refractivity contribution in [2.45, 2.75) is 25.7 Å². The van der Waals surface area contributed by atoms with Gasteiger partial charge in [0.1, 0.15) is 0 Å². The Morgan fingerprint density at radius 3 is 2.89 bits per heavy atom. The van der Waals surface area contributed by atoms with Gasteiger partial charge < -0.3 is 15.7 Å². The number of aliphatic hydroxyl groups is 1. The Kier molecular flexibility index (Phi) is 4.24. The third-order valence-electron chi connectivity index (χ3n) is 3.51. The summed E-state index contributed by atoms with van der Waals surface area (Å²) < 4.78 is 0. The summed E-state index contributed by atoms with van der Waals surface area (Å²) in [5.74, 6) is 0.337. The summed E-state index contributed by atoms with van der Waals surface area (Å²) in [6.07, 6.45) is 2.02. The van der Waals surface area contributed by atoms with Crippen LogP contribution in [-0.2, 0) is 0 Å². The molecular weight excluding hydrogens is 248 g/mol. The van der Waals surface area contributed by atoms with Crippen LogP contribution in [0.5, 0.6) is 0 Å². The van der Waals surface area contributed by atoms with E-state index in [-0.39, 0.29) is 18.1 Å². The van der Waals surface area contributed by atoms with Gasteiger partial charge >= 0.3 is 6.03 Å². The van der Waals surface area contributed by atoms with E-state index in [1.807, 2.05) is 11.4 Å². The van der Waals surface area contributed by atoms with Crippen LogP contribution in [0.15, 0.2) is 17.5 Å². The van der Waals surface area contributed by atoms with Gasteiger partial charge in [-0.1, -0.05) is 13.0 Å². The molecule has 1 aromatic rings. The van der Waals surface area contributed by atoms with Crippen LogP contribution in [-0.4, -0.2) is 30.8 Å². The van der Waals surface area contributed by atoms with Crippen LogP contribution in [0.4, 0.5) is 4.79 Å². The molecule has 0 aliphatic heterocycles. The van der Waals surface area contributed by atoms with Gasteiger partial charge in [0.15, 0.2) is 0 Å². The molecule has 0 aromatic carbocycles. The first-order chi connectivity index (χ1) is 8.65. The largest absolute Gasteiger partial charge is 0.396 e. The van der Waals surface area contributed by atoms with Crippen molar-refractivity contribution in [3.8, 4) is 0 Å². The molecule has 4 nitrogen and oxygen atoms in total. The molecule has 0 bridgehead atoms. The highest BCUT2D eigenvalue weighted by molar-refractivity contribution is 7.10. The predicted molar refractivity (Wildman–Crippen MR) is 72.9 cm³/mol. The highest BCUT2D eigenvalue weighted by Crippen LogP contribution is 2.44. The number of carbonyl (C=O) groups excluding carboxylic acids is 1. The van der Waals surface area contributed by atoms with Crippen LogP contribution in [0, 0.1) is 5.41 Å². The van der Waals surface area contributed by atoms with Crippen LogP contribution in [0.25, 0.3) is 0 Å². The molecule has 2 amide bonds. The van der Waals surface area contributed by atoms with E-state index in [0.29, 0.717) is 19.0 Å². The van der Waals surface area contributed by atoms with E-state index in [0.717, 1.165) is 12.8 Å². The monoisotopic (exact) mass is 268 g/mol. The van der Waals surface area contributed by atoms with Gasteiger partial charge in [-0.05, 0) is 24.3 Å². The molecule has 1 atom stereocenters. The second kappa shape index (κ2) is 5.71. The third kappa shape index (κ3) is 3.46. The Morgan fingerprint density at radius 2 is 2.33 bits per heavy atom. The van der Waals surface area contributed by atoms with E-state index in [1.165, 1.54) is 4.88 Å². The zero-order valence-corrected chi connectivity index (χ0v) is 11.4. The molecule has 1 saturated carbocycles. The van der Waals surface area contributed by atoms with Crippen molar-refractivity contribution >= 4 is 17.4 Å². The fourth-order valence-corrected chi connectivity index (χ4v) is 2.60. The summed E-state index contributed by atoms with van der Waals surface area (Å²) >= 11 is 1.71. The van der Waals surface area contributed by atoms with Crippen molar-refractivity contribution in [3.63, 3.8) is 0 Å². The number of amides is 2. The van der Waals surface area contributed by atoms with Gasteiger partial charge in [0.2, 0.25) is 0 Å². The SMILES string of the molecule is CC(CNC(=O)NCC1(CO)CC1)c1cccs1. The quantitative estimate of drug-likeness (QED) is 0.738. The molecule has 0 radical (unpaired) electrons. The molecule has 18 heavy (non-hydrogen) atoms. The minimum absolute atomic E-state index is 0.0310. The lowest BCUT2D eigenvalue weighted by Gasteiger charge is -2.15. The van der Waals surface area contributed by atoms with Crippen molar-refractivity contribution in [2.75, 3.05) is 19.7 Å². The summed E-state index contributed by atoms with van der Waals surface area (Å²) in [6, 6.07) is 3.97. The van der Waals surface area contributed by atoms with E-state index in [2.05, 4.69) is 23.6 Å². The summed E-state index contributed by atoms with van der Waals surface area (Å²) in [5.41, 5.74) is -0.0310. The minimum atomic E-state index is -0.141. The highest BCUT2D eigenvalue weighted by atomic mass is 32.1. The van der Waals surface area contributed by atoms with E-state index >= 15 is 0 Å². The predicted octanol–water partition coefficient (Wildman–Crippen LogP) is 1.92. The van der Waals surface area contributed by atoms with E-state index in [9.17, 15) is 4.79 Å². The zero-order chi connectivity index (χ0) is 13.0. The normalized spacial score (nSPS) is 18.1. The molecule has 3 N–H and O–H groups in total. The number of aliphatic hydroxyl groups excluding tert-OH is 1. The maximum absolute atomic E-state index is 11.6. The summed E-state index contributed by atoms with van der Waals surface area (Å²) in [4.78, 5) is 12.9. The molecule has 2 rings (SSSR count). The maximum atomic E-state index is 11.6. The Morgan fingerprint density at radius 1 is 1.56 bits per heavy atom. The highest BCUT2D eigenvalue weighted by Gasteiger charge is 2.42. The lowest BCUT2D eigenvalue weighted by Crippen LogP contribution is -2.40. The molecule has 1 heterocycles. The van der Waals surface area contributed by atoms with Gasteiger partial charge in [-0.25, -0.2) is 4.79 Å². The van der Waals surface area contributed by atoms with Crippen LogP contribution >= 0.6 is 11.3 Å². The van der Waals surface area contributed by atoms with Crippen LogP contribution < -0.4 is 10.6 Å². The van der Waals surface area contributed by atoms with Crippen LogP contribution in [0.3, 0.4) is 0 Å². The fourth-order valence-electron chi connectivity index (χ4n) is 1.82. The standard InChI is InChI=1S/C13H20N2O2S/c1-10(11-3-2-6-18-11)7-14-12(17)15-8-13(9-16)4-5-13/h2-3,6,10,16H,4-5,7-9H2,1H3,(H2,14,15,17). The van der Waals surface area contributed by atoms with Gasteiger partial charge in [-0.3, -0.25) is 0 Å². The molecule has 100 valence electrons. The van der Waals surface area contributed by atoms with E-state index in [1.54, 1.807) is 11.3 Å². The lowest BCUT2D eigenvalue weighted by atomic mass is 10.1. The van der Waals surface area contributed by atoms with Gasteiger partial charge in [0.05, 0.1) is 6.61 Å². The number of nitrogens with one attached hydrogen (secondary N) is 2. The van der Waals surface area contributed by atoms with Crippen molar-refractivity contribution in [3.05, 3.63) is 22.4 Å². The summed E-state index contributed by atoms with van der Waals surface area (Å²) in [7, 11) is 0. The number of thiophene rings is 1. The number of rotatable bonds is 6. The van der Waals surface area contributed by atoms with Gasteiger partial charge in [0, 0.05) is 29.3 Å². The first-order valence-electron chi connectivity index (χ1n) is 6.31. The smallest absolute Gasteiger partial charge is 0.314 e. The fraction of sp³-hybridized carbons (Fsp3) is 0.615. The number of carbonyl (C=O) groups is 1. The number of urea groups is 1. The van der Waals surface area contributed by atoms with Crippen molar-refractivity contribution in [2.24, 2.45) is 5.41 Å². The topological polar surface area (TPSA) is 61.4 Å². The molecule has 0 spiro atoms. The zero-order valence-electron chi connectivity index (χ0n) is 10.6. The van der Waals surface area contributed by atoms with E-state index in [4.69, 9.17) is 5.11 Å². The third-order valence-corrected chi connectivity index (χ3v) is 4.62. The molecule has 0 saturated heterocycles. The second-order valence-electron chi connectivity index (χ2n) is 5.14. The van der Waals surface area contributed by atoms with E-state index < -0.39 is 0 Å². The molecule has 1 unspecified atom stereocenters. The average Bonchev–Trinajstić information content (AvgIpc) is 2.96. The summed E-state index contributed by atoms with van der Waals surface area (Å²) in [6.45, 7) is 3.47. The Balaban J connectivity index is 1.66. The molecule has 1 aromatic heterocycles. The molecule has 5 heteroatoms. The van der Waals surface area contributed by atoms with Gasteiger partial charge in [-0.15, -0.1) is 11.3 Å². The molecular formula is C13H20N2O2S. The minimum Gasteiger partial charge on any atom is -0.396 e. The maximum Gasteiger partial charge on any atom is 0.314 e. The Labute approximate surface area is 111 Å².